The van der Waals surface area contributed by atoms with Gasteiger partial charge in [0, 0.05) is 41.0 Å². The molecule has 59 nitrogen and oxygen atoms in total. The van der Waals surface area contributed by atoms with Crippen molar-refractivity contribution in [1.82, 2.24) is 26.6 Å². The minimum atomic E-state index is -3.32. The molecule has 0 saturated carbocycles. The quantitative estimate of drug-likeness (QED) is 0.0277. The third kappa shape index (κ3) is 24.0. The fourth-order valence-corrected chi connectivity index (χ4v) is 17.0. The number of amides is 5. The summed E-state index contributed by atoms with van der Waals surface area (Å²) in [7, 11) is 0. The van der Waals surface area contributed by atoms with Crippen LogP contribution in [-0.4, -0.2) is 562 Å². The zero-order valence-corrected chi connectivity index (χ0v) is 70.8. The van der Waals surface area contributed by atoms with E-state index >= 15 is 0 Å². The number of nitrogens with one attached hydrogen (secondary N) is 5. The minimum Gasteiger partial charge on any atom is -0.477 e. The lowest BCUT2D eigenvalue weighted by Gasteiger charge is -2.51. The highest BCUT2D eigenvalue weighted by Gasteiger charge is 2.64. The first kappa shape index (κ1) is 109. The predicted molar refractivity (Wildman–Crippen MR) is 405 cm³/mol. The van der Waals surface area contributed by atoms with Gasteiger partial charge in [0.05, 0.1) is 78.2 Å². The number of carbonyl (C=O) groups is 6. The van der Waals surface area contributed by atoms with Gasteiger partial charge in [0.1, 0.15) is 238 Å². The fourth-order valence-electron chi connectivity index (χ4n) is 17.0. The zero-order valence-electron chi connectivity index (χ0n) is 70.8. The third-order valence-corrected chi connectivity index (χ3v) is 23.8. The summed E-state index contributed by atoms with van der Waals surface area (Å²) in [5, 5.41) is 337. The van der Waals surface area contributed by atoms with Crippen LogP contribution in [0.2, 0.25) is 0 Å². The van der Waals surface area contributed by atoms with Gasteiger partial charge in [-0.05, 0) is 0 Å². The number of carbonyl (C=O) groups excluding carboxylic acids is 5. The Hall–Kier alpha value is -5.06. The molecule has 132 heavy (non-hydrogen) atoms. The van der Waals surface area contributed by atoms with E-state index in [-0.39, 0.29) is 0 Å². The van der Waals surface area contributed by atoms with Crippen LogP contribution in [0, 0.1) is 0 Å². The molecule has 10 saturated heterocycles. The molecular formula is C73H121N5O54. The van der Waals surface area contributed by atoms with Crippen molar-refractivity contribution in [1.29, 1.82) is 0 Å². The van der Waals surface area contributed by atoms with E-state index in [9.17, 15) is 177 Å². The first-order valence-electron chi connectivity index (χ1n) is 41.8. The molecule has 0 aromatic heterocycles. The smallest absolute Gasteiger partial charge is 0.364 e. The van der Waals surface area contributed by atoms with Gasteiger partial charge in [-0.15, -0.1) is 0 Å². The van der Waals surface area contributed by atoms with E-state index in [1.807, 2.05) is 0 Å². The monoisotopic (exact) mass is 1930 g/mol. The van der Waals surface area contributed by atoms with Crippen molar-refractivity contribution in [3.63, 3.8) is 0 Å². The van der Waals surface area contributed by atoms with Gasteiger partial charge in [0.25, 0.3) is 5.79 Å². The first-order chi connectivity index (χ1) is 62.3. The largest absolute Gasteiger partial charge is 0.477 e. The minimum absolute atomic E-state index is 0.815. The maximum Gasteiger partial charge on any atom is 0.364 e. The highest BCUT2D eigenvalue weighted by atomic mass is 16.8. The van der Waals surface area contributed by atoms with Crippen LogP contribution >= 0.6 is 0 Å². The second-order valence-electron chi connectivity index (χ2n) is 33.1. The van der Waals surface area contributed by atoms with Crippen molar-refractivity contribution in [2.45, 2.75) is 353 Å². The lowest BCUT2D eigenvalue weighted by Crippen LogP contribution is -2.71. The van der Waals surface area contributed by atoms with Crippen LogP contribution in [0.25, 0.3) is 0 Å². The van der Waals surface area contributed by atoms with E-state index in [1.165, 1.54) is 0 Å². The molecule has 10 aliphatic heterocycles. The average molecular weight is 1930 g/mol. The number of carboxylic acid groups (broad SMARTS) is 1. The van der Waals surface area contributed by atoms with Crippen molar-refractivity contribution in [2.75, 3.05) is 66.1 Å². The standard InChI is InChI=1S/C73H121N5O54/c1-17(88)74-33-22(93)6-73(72(112)113,131-58(33)38(95)23(94)7-79)132-60-42(99)27(11-83)117-69(53(60)110)127-57-31(15-87)121-65(36(47(57)104)77-20(4)91)129-61-49(106)40(97)25(9-81)118-70(61)114-16-32-43(100)59(52(109)68(123-32)126-56-30(14-86)120-64(35(45(56)102)76-19(3)90)124-54-28(12-84)115-63(111)34(44(54)101)75-18(2)89)128-71-62(50(107)41(98)26(10-82)119-71)130-66-37(78-21(5)92)46(103)55(29(13-85)122-66)125-67-51(108)48(105)39(96)24(8-80)116-67/h22-71,79-87,93-111H,6-16H2,1-5H3,(H,74,88)(H,75,89)(H,76,90)(H,77,91)(H,78,92)(H,112,113)/t22-,23+,24+,25+,26+,27+,28+,29+,30+,31+,32+,33+,34+,35+,36+,37+,38+,39-,40+,41+,42-,43+,44+,45+,46+,47+,48-,49-,50-,51+,52-,53+,54+,55+,56+,57+,58+,59-,60-,61-,62-,63+,64-,65-,66-,67-,68-,69-,70-,71+,73-/m0/s1. The van der Waals surface area contributed by atoms with Crippen molar-refractivity contribution in [2.24, 2.45) is 0 Å². The number of carboxylic acids is 1. The summed E-state index contributed by atoms with van der Waals surface area (Å²) in [6, 6.07) is -9.53. The highest BCUT2D eigenvalue weighted by molar-refractivity contribution is 5.77. The zero-order chi connectivity index (χ0) is 97.6. The Kier molecular flexibility index (Phi) is 39.0. The molecular weight excluding hydrogens is 1810 g/mol. The van der Waals surface area contributed by atoms with Crippen LogP contribution in [0.4, 0.5) is 0 Å². The number of aliphatic carboxylic acids is 1. The number of ether oxygens (including phenoxy) is 19. The average Bonchev–Trinajstić information content (AvgIpc) is 0.551. The van der Waals surface area contributed by atoms with E-state index in [2.05, 4.69) is 26.6 Å². The van der Waals surface area contributed by atoms with Crippen LogP contribution in [0.15, 0.2) is 0 Å². The van der Waals surface area contributed by atoms with E-state index in [0.717, 1.165) is 34.6 Å². The van der Waals surface area contributed by atoms with E-state index in [1.54, 1.807) is 0 Å². The second-order valence-corrected chi connectivity index (χ2v) is 33.1. The second kappa shape index (κ2) is 47.3. The molecule has 0 aliphatic carbocycles. The topological polar surface area (TPSA) is 925 Å². The molecule has 51 atom stereocenters. The van der Waals surface area contributed by atoms with Gasteiger partial charge in [0.15, 0.2) is 56.6 Å². The SMILES string of the molecule is CC(=O)N[C@@H]1[C@@H](O)[C@H](O[C@@H]2O[C@H](CO)[C@@H](O[C@@H]3O[C@H](CO[C@H]4O[C@H](CO)[C@@H](O)[C@H](O)[C@@H]4O[C@@H]4O[C@H](CO)[C@@H](O[C@@H]5O[C@H](CO)[C@H](O)[C@H](O[C@]6(C(=O)O)C[C@H](O)[C@@H](NC(C)=O)[C@H]([C@H](O)[C@H](O)CO)O6)[C@H]5O)[C@H](O)[C@H]4NC(C)=O)[C@@H](O)[C@H](O[C@H]4O[C@H](CO)[C@@H](O)[C@H](O)[C@@H]4O[C@@H]4O[C@H](CO)[C@@H](O[C@@H]5O[C@H](CO)[C@H](O)[C@H](O)[C@H]5O)[C@H](O)[C@H]4NC(C)=O)[C@@H]3O)[C@H](O)[C@H]2NC(C)=O)[C@@H](CO)O[C@H]1O. The number of hydrogen-bond acceptors (Lipinski definition) is 53. The number of aliphatic hydroxyl groups is 28. The van der Waals surface area contributed by atoms with Crippen LogP contribution in [0.5, 0.6) is 0 Å². The molecule has 0 radical (unpaired) electrons. The van der Waals surface area contributed by atoms with Gasteiger partial charge >= 0.3 is 5.97 Å². The van der Waals surface area contributed by atoms with Gasteiger partial charge in [-0.3, -0.25) is 24.0 Å². The van der Waals surface area contributed by atoms with Crippen LogP contribution in [0.1, 0.15) is 41.0 Å². The van der Waals surface area contributed by atoms with Crippen LogP contribution < -0.4 is 26.6 Å². The van der Waals surface area contributed by atoms with Crippen LogP contribution in [-0.2, 0) is 119 Å². The summed E-state index contributed by atoms with van der Waals surface area (Å²) in [6.07, 6.45) is -100. The van der Waals surface area contributed by atoms with Gasteiger partial charge in [-0.25, -0.2) is 4.79 Å². The number of rotatable bonds is 36. The fraction of sp³-hybridized carbons (Fsp3) is 0.918. The summed E-state index contributed by atoms with van der Waals surface area (Å²) >= 11 is 0. The maximum absolute atomic E-state index is 13.3. The summed E-state index contributed by atoms with van der Waals surface area (Å²) < 4.78 is 113. The Morgan fingerprint density at radius 3 is 1.02 bits per heavy atom. The maximum atomic E-state index is 13.3. The number of hydrogen-bond donors (Lipinski definition) is 34. The van der Waals surface area contributed by atoms with Crippen molar-refractivity contribution in [3.05, 3.63) is 0 Å². The molecule has 10 rings (SSSR count). The lowest BCUT2D eigenvalue weighted by molar-refractivity contribution is -0.399. The molecule has 0 aromatic rings. The molecule has 0 bridgehead atoms. The highest BCUT2D eigenvalue weighted by Crippen LogP contribution is 2.43. The first-order valence-corrected chi connectivity index (χ1v) is 41.8. The predicted octanol–water partition coefficient (Wildman–Crippen LogP) is -22.9. The summed E-state index contributed by atoms with van der Waals surface area (Å²) in [5.74, 6) is -10.2. The number of aliphatic hydroxyl groups excluding tert-OH is 28. The normalized spacial score (nSPS) is 47.2. The van der Waals surface area contributed by atoms with Crippen molar-refractivity contribution < 1.29 is 267 Å². The van der Waals surface area contributed by atoms with Gasteiger partial charge in [0.2, 0.25) is 29.5 Å². The molecule has 0 spiro atoms. The Morgan fingerprint density at radius 1 is 0.311 bits per heavy atom. The van der Waals surface area contributed by atoms with Crippen molar-refractivity contribution >= 4 is 35.5 Å². The lowest BCUT2D eigenvalue weighted by atomic mass is 9.88. The summed E-state index contributed by atoms with van der Waals surface area (Å²) in [6.45, 7) is -7.28. The van der Waals surface area contributed by atoms with Gasteiger partial charge in [-0.1, -0.05) is 0 Å². The van der Waals surface area contributed by atoms with E-state index in [4.69, 9.17) is 90.0 Å². The Balaban J connectivity index is 0.968. The Bertz CT molecular complexity index is 3680. The van der Waals surface area contributed by atoms with E-state index in [0.29, 0.717) is 0 Å². The van der Waals surface area contributed by atoms with Crippen molar-refractivity contribution in [3.8, 4) is 0 Å². The molecule has 10 aliphatic rings. The van der Waals surface area contributed by atoms with Gasteiger partial charge < -0.3 is 265 Å². The Labute approximate surface area is 746 Å². The van der Waals surface area contributed by atoms with Gasteiger partial charge in [-0.2, -0.15) is 0 Å². The molecule has 10 fully saturated rings. The molecule has 0 unspecified atom stereocenters. The summed E-state index contributed by atoms with van der Waals surface area (Å²) in [5.41, 5.74) is 0. The Morgan fingerprint density at radius 2 is 0.614 bits per heavy atom. The molecule has 762 valence electrons. The van der Waals surface area contributed by atoms with E-state index < -0.39 is 420 Å². The van der Waals surface area contributed by atoms with Crippen LogP contribution in [0.3, 0.4) is 0 Å². The molecule has 59 heteroatoms. The summed E-state index contributed by atoms with van der Waals surface area (Å²) in [4.78, 5) is 77.1. The molecule has 10 heterocycles. The third-order valence-electron chi connectivity index (χ3n) is 23.8. The molecule has 5 amide bonds. The molecule has 0 aromatic carbocycles. The molecule has 34 N–H and O–H groups in total.